The molecule has 0 aliphatic rings. The Balaban J connectivity index is 2.82. The van der Waals surface area contributed by atoms with E-state index in [9.17, 15) is 4.79 Å². The molecule has 0 bridgehead atoms. The highest BCUT2D eigenvalue weighted by molar-refractivity contribution is 5.75. The van der Waals surface area contributed by atoms with Gasteiger partial charge in [-0.1, -0.05) is 6.92 Å². The summed E-state index contributed by atoms with van der Waals surface area (Å²) in [4.78, 5) is 19.2. The van der Waals surface area contributed by atoms with Gasteiger partial charge in [0.15, 0.2) is 0 Å². The van der Waals surface area contributed by atoms with Gasteiger partial charge in [0.1, 0.15) is 11.6 Å². The van der Waals surface area contributed by atoms with Gasteiger partial charge in [0.25, 0.3) is 0 Å². The molecule has 6 N–H and O–H groups in total. The van der Waals surface area contributed by atoms with Crippen molar-refractivity contribution in [2.75, 3.05) is 22.9 Å². The molecular weight excluding hydrogens is 244 g/mol. The average Bonchev–Trinajstić information content (AvgIpc) is 2.22. The van der Waals surface area contributed by atoms with Crippen LogP contribution in [-0.2, 0) is 4.79 Å². The third kappa shape index (κ3) is 5.41. The molecular formula is C12H22N6O. The van der Waals surface area contributed by atoms with Crippen LogP contribution in [0.4, 0.5) is 17.6 Å². The van der Waals surface area contributed by atoms with E-state index >= 15 is 0 Å². The summed E-state index contributed by atoms with van der Waals surface area (Å²) < 4.78 is 0. The molecule has 7 nitrogen and oxygen atoms in total. The van der Waals surface area contributed by atoms with Crippen molar-refractivity contribution in [3.8, 4) is 0 Å². The maximum atomic E-state index is 11.0. The standard InChI is InChI=1S/C12H22N6O/c1-4-5-15-9-6-10(17-11(14)16-9)18-12(2,3)7-8(13)19/h6H,4-5,7H2,1-3H3,(H2,13,19)(H4,14,15,16,17,18). The molecule has 1 amide bonds. The summed E-state index contributed by atoms with van der Waals surface area (Å²) in [5.41, 5.74) is 10.4. The molecule has 1 rings (SSSR count). The van der Waals surface area contributed by atoms with Crippen molar-refractivity contribution < 1.29 is 4.79 Å². The quantitative estimate of drug-likeness (QED) is 0.583. The van der Waals surface area contributed by atoms with E-state index in [1.165, 1.54) is 0 Å². The number of carbonyl (C=O) groups is 1. The Bertz CT molecular complexity index is 446. The minimum atomic E-state index is -0.491. The monoisotopic (exact) mass is 266 g/mol. The fraction of sp³-hybridized carbons (Fsp3) is 0.583. The van der Waals surface area contributed by atoms with Crippen LogP contribution in [0.1, 0.15) is 33.6 Å². The van der Waals surface area contributed by atoms with Crippen LogP contribution in [0.3, 0.4) is 0 Å². The summed E-state index contributed by atoms with van der Waals surface area (Å²) in [6.07, 6.45) is 1.19. The van der Waals surface area contributed by atoms with Gasteiger partial charge in [0.2, 0.25) is 11.9 Å². The maximum Gasteiger partial charge on any atom is 0.223 e. The number of rotatable bonds is 7. The van der Waals surface area contributed by atoms with Crippen LogP contribution in [0.5, 0.6) is 0 Å². The summed E-state index contributed by atoms with van der Waals surface area (Å²) in [7, 11) is 0. The van der Waals surface area contributed by atoms with Crippen molar-refractivity contribution in [2.24, 2.45) is 5.73 Å². The fourth-order valence-electron chi connectivity index (χ4n) is 1.70. The number of hydrogen-bond acceptors (Lipinski definition) is 6. The smallest absolute Gasteiger partial charge is 0.223 e. The Morgan fingerprint density at radius 1 is 1.37 bits per heavy atom. The van der Waals surface area contributed by atoms with E-state index in [0.29, 0.717) is 11.6 Å². The van der Waals surface area contributed by atoms with Gasteiger partial charge in [-0.05, 0) is 20.3 Å². The normalized spacial score (nSPS) is 11.1. The zero-order valence-electron chi connectivity index (χ0n) is 11.7. The van der Waals surface area contributed by atoms with Crippen molar-refractivity contribution in [3.63, 3.8) is 0 Å². The Labute approximate surface area is 113 Å². The lowest BCUT2D eigenvalue weighted by Crippen LogP contribution is -2.36. The molecule has 1 aromatic rings. The molecule has 0 unspecified atom stereocenters. The zero-order valence-corrected chi connectivity index (χ0v) is 11.7. The zero-order chi connectivity index (χ0) is 14.5. The van der Waals surface area contributed by atoms with Crippen LogP contribution in [0, 0.1) is 0 Å². The molecule has 106 valence electrons. The van der Waals surface area contributed by atoms with Crippen LogP contribution in [-0.4, -0.2) is 28.0 Å². The Kier molecular flexibility index (Phi) is 4.91. The van der Waals surface area contributed by atoms with Crippen LogP contribution in [0.15, 0.2) is 6.07 Å². The van der Waals surface area contributed by atoms with E-state index in [4.69, 9.17) is 11.5 Å². The topological polar surface area (TPSA) is 119 Å². The molecule has 0 aliphatic carbocycles. The number of nitrogens with two attached hydrogens (primary N) is 2. The van der Waals surface area contributed by atoms with Gasteiger partial charge >= 0.3 is 0 Å². The van der Waals surface area contributed by atoms with E-state index in [1.807, 2.05) is 13.8 Å². The van der Waals surface area contributed by atoms with Gasteiger partial charge in [0, 0.05) is 24.6 Å². The van der Waals surface area contributed by atoms with Gasteiger partial charge in [-0.25, -0.2) is 0 Å². The predicted molar refractivity (Wildman–Crippen MR) is 76.7 cm³/mol. The number of hydrogen-bond donors (Lipinski definition) is 4. The van der Waals surface area contributed by atoms with E-state index in [2.05, 4.69) is 27.5 Å². The summed E-state index contributed by atoms with van der Waals surface area (Å²) in [5.74, 6) is 1.03. The average molecular weight is 266 g/mol. The van der Waals surface area contributed by atoms with Crippen molar-refractivity contribution in [2.45, 2.75) is 39.2 Å². The van der Waals surface area contributed by atoms with Gasteiger partial charge in [-0.3, -0.25) is 4.79 Å². The lowest BCUT2D eigenvalue weighted by atomic mass is 10.0. The second kappa shape index (κ2) is 6.21. The van der Waals surface area contributed by atoms with Crippen LogP contribution in [0.2, 0.25) is 0 Å². The van der Waals surface area contributed by atoms with Gasteiger partial charge in [-0.15, -0.1) is 0 Å². The highest BCUT2D eigenvalue weighted by Crippen LogP contribution is 2.19. The van der Waals surface area contributed by atoms with Crippen molar-refractivity contribution in [1.82, 2.24) is 9.97 Å². The number of aromatic nitrogens is 2. The van der Waals surface area contributed by atoms with Crippen LogP contribution >= 0.6 is 0 Å². The highest BCUT2D eigenvalue weighted by atomic mass is 16.1. The number of amides is 1. The van der Waals surface area contributed by atoms with E-state index in [1.54, 1.807) is 6.07 Å². The van der Waals surface area contributed by atoms with Gasteiger partial charge in [0.05, 0.1) is 0 Å². The minimum absolute atomic E-state index is 0.179. The number of primary amides is 1. The van der Waals surface area contributed by atoms with E-state index in [0.717, 1.165) is 13.0 Å². The molecule has 7 heteroatoms. The Morgan fingerprint density at radius 2 is 2.00 bits per heavy atom. The SMILES string of the molecule is CCCNc1cc(NC(C)(C)CC(N)=O)nc(N)n1. The number of anilines is 3. The third-order valence-electron chi connectivity index (χ3n) is 2.38. The summed E-state index contributed by atoms with van der Waals surface area (Å²) in [5, 5.41) is 6.27. The lowest BCUT2D eigenvalue weighted by molar-refractivity contribution is -0.118. The maximum absolute atomic E-state index is 11.0. The first-order chi connectivity index (χ1) is 8.82. The van der Waals surface area contributed by atoms with E-state index in [-0.39, 0.29) is 18.3 Å². The first kappa shape index (κ1) is 15.0. The largest absolute Gasteiger partial charge is 0.370 e. The van der Waals surface area contributed by atoms with E-state index < -0.39 is 5.54 Å². The van der Waals surface area contributed by atoms with Crippen LogP contribution < -0.4 is 22.1 Å². The number of carbonyl (C=O) groups excluding carboxylic acids is 1. The second-order valence-corrected chi connectivity index (χ2v) is 5.08. The van der Waals surface area contributed by atoms with Crippen molar-refractivity contribution in [3.05, 3.63) is 6.07 Å². The number of nitrogens with zero attached hydrogens (tertiary/aromatic N) is 2. The number of nitrogen functional groups attached to an aromatic ring is 1. The van der Waals surface area contributed by atoms with Crippen molar-refractivity contribution in [1.29, 1.82) is 0 Å². The van der Waals surface area contributed by atoms with Crippen LogP contribution in [0.25, 0.3) is 0 Å². The lowest BCUT2D eigenvalue weighted by Gasteiger charge is -2.25. The molecule has 0 fully saturated rings. The summed E-state index contributed by atoms with van der Waals surface area (Å²) in [6.45, 7) is 6.61. The highest BCUT2D eigenvalue weighted by Gasteiger charge is 2.21. The molecule has 1 aromatic heterocycles. The molecule has 0 saturated heterocycles. The predicted octanol–water partition coefficient (Wildman–Crippen LogP) is 0.947. The fourth-order valence-corrected chi connectivity index (χ4v) is 1.70. The van der Waals surface area contributed by atoms with Gasteiger partial charge < -0.3 is 22.1 Å². The Morgan fingerprint density at radius 3 is 2.58 bits per heavy atom. The van der Waals surface area contributed by atoms with Gasteiger partial charge in [-0.2, -0.15) is 9.97 Å². The first-order valence-corrected chi connectivity index (χ1v) is 6.27. The summed E-state index contributed by atoms with van der Waals surface area (Å²) in [6, 6.07) is 1.76. The van der Waals surface area contributed by atoms with Crippen molar-refractivity contribution >= 4 is 23.5 Å². The molecule has 0 atom stereocenters. The number of nitrogens with one attached hydrogen (secondary N) is 2. The molecule has 0 radical (unpaired) electrons. The molecule has 19 heavy (non-hydrogen) atoms. The molecule has 0 saturated carbocycles. The molecule has 1 heterocycles. The Hall–Kier alpha value is -2.05. The second-order valence-electron chi connectivity index (χ2n) is 5.08. The molecule has 0 aliphatic heterocycles. The minimum Gasteiger partial charge on any atom is -0.370 e. The third-order valence-corrected chi connectivity index (χ3v) is 2.38. The molecule has 0 aromatic carbocycles. The molecule has 0 spiro atoms. The first-order valence-electron chi connectivity index (χ1n) is 6.27. The summed E-state index contributed by atoms with van der Waals surface area (Å²) >= 11 is 0.